The largest absolute Gasteiger partial charge is 0.466 e. The standard InChI is InChI=1S/C51H95NO5/c1-3-5-7-9-11-13-15-16-18-22-25-29-33-37-41-45-51(56)57-46-42-38-34-30-26-23-20-17-19-21-24-28-32-36-40-44-50(55)52-48(47-53)49(54)43-39-35-31-27-14-12-10-8-6-4-2/h11,13,16,18,39,43,48-49,53-54H,3-10,12,14-15,17,19-38,40-42,44-47H2,1-2H3,(H,52,55)/b13-11-,18-16-,43-39+. The van der Waals surface area contributed by atoms with Gasteiger partial charge >= 0.3 is 5.97 Å². The fourth-order valence-corrected chi connectivity index (χ4v) is 7.31. The third-order valence-electron chi connectivity index (χ3n) is 11.2. The first-order valence-electron chi connectivity index (χ1n) is 24.8. The lowest BCUT2D eigenvalue weighted by Gasteiger charge is -2.20. The molecule has 0 spiro atoms. The van der Waals surface area contributed by atoms with Crippen molar-refractivity contribution in [2.75, 3.05) is 13.2 Å². The molecule has 0 heterocycles. The van der Waals surface area contributed by atoms with E-state index in [1.54, 1.807) is 6.08 Å². The van der Waals surface area contributed by atoms with Gasteiger partial charge in [-0.2, -0.15) is 0 Å². The minimum Gasteiger partial charge on any atom is -0.466 e. The van der Waals surface area contributed by atoms with Gasteiger partial charge < -0.3 is 20.3 Å². The highest BCUT2D eigenvalue weighted by atomic mass is 16.5. The predicted octanol–water partition coefficient (Wildman–Crippen LogP) is 14.5. The molecule has 0 bridgehead atoms. The molecule has 0 radical (unpaired) electrons. The molecule has 0 rings (SSSR count). The zero-order valence-corrected chi connectivity index (χ0v) is 37.8. The van der Waals surface area contributed by atoms with Crippen LogP contribution in [0.3, 0.4) is 0 Å². The van der Waals surface area contributed by atoms with Crippen molar-refractivity contribution in [3.8, 4) is 0 Å². The van der Waals surface area contributed by atoms with Gasteiger partial charge in [-0.15, -0.1) is 0 Å². The first-order chi connectivity index (χ1) is 28.0. The second-order valence-corrected chi connectivity index (χ2v) is 16.8. The van der Waals surface area contributed by atoms with Gasteiger partial charge in [-0.05, 0) is 64.2 Å². The molecule has 0 saturated carbocycles. The predicted molar refractivity (Wildman–Crippen MR) is 246 cm³/mol. The Kier molecular flexibility index (Phi) is 45.2. The number of ether oxygens (including phenoxy) is 1. The number of carbonyl (C=O) groups excluding carboxylic acids is 2. The maximum atomic E-state index is 12.4. The van der Waals surface area contributed by atoms with Crippen LogP contribution in [0.25, 0.3) is 0 Å². The number of hydrogen-bond donors (Lipinski definition) is 3. The molecule has 334 valence electrons. The van der Waals surface area contributed by atoms with Gasteiger partial charge in [-0.3, -0.25) is 9.59 Å². The molecular weight excluding hydrogens is 707 g/mol. The Morgan fingerprint density at radius 3 is 1.37 bits per heavy atom. The SMILES string of the molecule is CCCCC/C=C\C/C=C\CCCCCCCC(=O)OCCCCCCCCCCCCCCCCCC(=O)NC(CO)C(O)/C=C/CCCCCCCCCC. The summed E-state index contributed by atoms with van der Waals surface area (Å²) in [6.07, 6.45) is 55.7. The molecule has 0 saturated heterocycles. The third-order valence-corrected chi connectivity index (χ3v) is 11.2. The van der Waals surface area contributed by atoms with Crippen LogP contribution in [0, 0.1) is 0 Å². The average Bonchev–Trinajstić information content (AvgIpc) is 3.21. The Morgan fingerprint density at radius 1 is 0.491 bits per heavy atom. The minimum absolute atomic E-state index is 0.0155. The van der Waals surface area contributed by atoms with Crippen molar-refractivity contribution in [2.45, 2.75) is 264 Å². The zero-order valence-electron chi connectivity index (χ0n) is 37.8. The Hall–Kier alpha value is -1.92. The van der Waals surface area contributed by atoms with Crippen molar-refractivity contribution in [3.63, 3.8) is 0 Å². The Morgan fingerprint density at radius 2 is 0.877 bits per heavy atom. The fraction of sp³-hybridized carbons (Fsp3) is 0.843. The molecule has 0 aliphatic carbocycles. The number of esters is 1. The molecule has 0 aromatic heterocycles. The van der Waals surface area contributed by atoms with Crippen LogP contribution in [0.2, 0.25) is 0 Å². The van der Waals surface area contributed by atoms with Gasteiger partial charge in [0.25, 0.3) is 0 Å². The van der Waals surface area contributed by atoms with Crippen LogP contribution in [-0.2, 0) is 14.3 Å². The Labute approximate surface area is 353 Å². The van der Waals surface area contributed by atoms with Crippen molar-refractivity contribution in [1.29, 1.82) is 0 Å². The van der Waals surface area contributed by atoms with Crippen molar-refractivity contribution >= 4 is 11.9 Å². The number of rotatable bonds is 45. The molecule has 1 amide bonds. The van der Waals surface area contributed by atoms with Gasteiger partial charge in [0, 0.05) is 12.8 Å². The monoisotopic (exact) mass is 802 g/mol. The van der Waals surface area contributed by atoms with Gasteiger partial charge in [0.05, 0.1) is 25.4 Å². The minimum atomic E-state index is -0.849. The second-order valence-electron chi connectivity index (χ2n) is 16.8. The fourth-order valence-electron chi connectivity index (χ4n) is 7.31. The van der Waals surface area contributed by atoms with Gasteiger partial charge in [0.15, 0.2) is 0 Å². The molecule has 0 aliphatic rings. The van der Waals surface area contributed by atoms with Crippen molar-refractivity contribution in [2.24, 2.45) is 0 Å². The van der Waals surface area contributed by atoms with Crippen LogP contribution in [0.5, 0.6) is 0 Å². The highest BCUT2D eigenvalue weighted by Crippen LogP contribution is 2.15. The zero-order chi connectivity index (χ0) is 41.5. The van der Waals surface area contributed by atoms with Crippen LogP contribution in [-0.4, -0.2) is 47.4 Å². The number of aliphatic hydroxyl groups is 2. The summed E-state index contributed by atoms with van der Waals surface area (Å²) in [5.41, 5.74) is 0. The smallest absolute Gasteiger partial charge is 0.305 e. The van der Waals surface area contributed by atoms with Gasteiger partial charge in [0.1, 0.15) is 0 Å². The Bertz CT molecular complexity index is 931. The summed E-state index contributed by atoms with van der Waals surface area (Å²) in [4.78, 5) is 24.4. The second kappa shape index (κ2) is 46.8. The van der Waals surface area contributed by atoms with Crippen LogP contribution in [0.4, 0.5) is 0 Å². The first-order valence-corrected chi connectivity index (χ1v) is 24.8. The summed E-state index contributed by atoms with van der Waals surface area (Å²) >= 11 is 0. The maximum absolute atomic E-state index is 12.4. The Balaban J connectivity index is 3.45. The molecule has 2 atom stereocenters. The van der Waals surface area contributed by atoms with Crippen LogP contribution in [0.1, 0.15) is 251 Å². The summed E-state index contributed by atoms with van der Waals surface area (Å²) in [5.74, 6) is -0.0955. The summed E-state index contributed by atoms with van der Waals surface area (Å²) in [6, 6.07) is -0.633. The number of aliphatic hydroxyl groups excluding tert-OH is 2. The van der Waals surface area contributed by atoms with E-state index in [0.717, 1.165) is 64.2 Å². The number of carbonyl (C=O) groups is 2. The quantitative estimate of drug-likeness (QED) is 0.0324. The number of amides is 1. The third kappa shape index (κ3) is 43.5. The van der Waals surface area contributed by atoms with Crippen molar-refractivity contribution in [3.05, 3.63) is 36.5 Å². The van der Waals surface area contributed by atoms with E-state index >= 15 is 0 Å². The van der Waals surface area contributed by atoms with Crippen molar-refractivity contribution < 1.29 is 24.5 Å². The van der Waals surface area contributed by atoms with E-state index in [-0.39, 0.29) is 18.5 Å². The molecule has 0 aromatic rings. The first kappa shape index (κ1) is 55.1. The van der Waals surface area contributed by atoms with Crippen LogP contribution < -0.4 is 5.32 Å². The maximum Gasteiger partial charge on any atom is 0.305 e. The van der Waals surface area contributed by atoms with Crippen LogP contribution >= 0.6 is 0 Å². The molecule has 0 fully saturated rings. The highest BCUT2D eigenvalue weighted by molar-refractivity contribution is 5.76. The molecule has 2 unspecified atom stereocenters. The van der Waals surface area contributed by atoms with Gasteiger partial charge in [-0.25, -0.2) is 0 Å². The van der Waals surface area contributed by atoms with Gasteiger partial charge in [0.2, 0.25) is 5.91 Å². The number of nitrogens with one attached hydrogen (secondary N) is 1. The van der Waals surface area contributed by atoms with Crippen molar-refractivity contribution in [1.82, 2.24) is 5.32 Å². The number of allylic oxidation sites excluding steroid dienone is 5. The summed E-state index contributed by atoms with van der Waals surface area (Å²) in [6.45, 7) is 4.82. The van der Waals surface area contributed by atoms with E-state index in [0.29, 0.717) is 19.4 Å². The highest BCUT2D eigenvalue weighted by Gasteiger charge is 2.18. The molecule has 0 aromatic carbocycles. The lowest BCUT2D eigenvalue weighted by atomic mass is 10.0. The molecule has 57 heavy (non-hydrogen) atoms. The number of unbranched alkanes of at least 4 members (excludes halogenated alkanes) is 30. The lowest BCUT2D eigenvalue weighted by molar-refractivity contribution is -0.143. The van der Waals surface area contributed by atoms with E-state index in [1.807, 2.05) is 6.08 Å². The normalized spacial score (nSPS) is 13.0. The lowest BCUT2D eigenvalue weighted by Crippen LogP contribution is -2.45. The summed E-state index contributed by atoms with van der Waals surface area (Å²) < 4.78 is 5.45. The van der Waals surface area contributed by atoms with E-state index in [9.17, 15) is 19.8 Å². The molecule has 6 nitrogen and oxygen atoms in total. The average molecular weight is 802 g/mol. The summed E-state index contributed by atoms with van der Waals surface area (Å²) in [7, 11) is 0. The van der Waals surface area contributed by atoms with E-state index < -0.39 is 12.1 Å². The molecule has 0 aliphatic heterocycles. The molecule has 6 heteroatoms. The molecular formula is C51H95NO5. The van der Waals surface area contributed by atoms with E-state index in [1.165, 1.54) is 161 Å². The summed E-state index contributed by atoms with van der Waals surface area (Å²) in [5, 5.41) is 22.9. The van der Waals surface area contributed by atoms with Gasteiger partial charge in [-0.1, -0.05) is 211 Å². The van der Waals surface area contributed by atoms with Crippen LogP contribution in [0.15, 0.2) is 36.5 Å². The topological polar surface area (TPSA) is 95.9 Å². The van der Waals surface area contributed by atoms with E-state index in [2.05, 4.69) is 43.5 Å². The van der Waals surface area contributed by atoms with E-state index in [4.69, 9.17) is 4.74 Å². The number of hydrogen-bond acceptors (Lipinski definition) is 5. The molecule has 3 N–H and O–H groups in total.